The van der Waals surface area contributed by atoms with E-state index in [0.29, 0.717) is 29.1 Å². The van der Waals surface area contributed by atoms with E-state index in [-0.39, 0.29) is 24.7 Å². The lowest BCUT2D eigenvalue weighted by Crippen LogP contribution is -2.40. The second-order valence-electron chi connectivity index (χ2n) is 9.12. The van der Waals surface area contributed by atoms with E-state index in [9.17, 15) is 22.8 Å². The molecule has 5 rings (SSSR count). The highest BCUT2D eigenvalue weighted by Crippen LogP contribution is 2.45. The van der Waals surface area contributed by atoms with Crippen molar-refractivity contribution in [2.75, 3.05) is 0 Å². The summed E-state index contributed by atoms with van der Waals surface area (Å²) < 4.78 is 39.5. The Labute approximate surface area is 186 Å². The number of fused-ring (bicyclic) bond motifs is 3. The van der Waals surface area contributed by atoms with Gasteiger partial charge in [0.05, 0.1) is 11.7 Å². The van der Waals surface area contributed by atoms with Gasteiger partial charge in [0.2, 0.25) is 10.9 Å². The first-order chi connectivity index (χ1) is 15.8. The van der Waals surface area contributed by atoms with Crippen LogP contribution in [0.2, 0.25) is 0 Å². The molecule has 1 fully saturated rings. The van der Waals surface area contributed by atoms with E-state index in [0.717, 1.165) is 36.3 Å². The summed E-state index contributed by atoms with van der Waals surface area (Å²) in [4.78, 5) is 31.7. The van der Waals surface area contributed by atoms with Crippen LogP contribution < -0.4 is 10.9 Å². The van der Waals surface area contributed by atoms with Crippen molar-refractivity contribution in [1.29, 1.82) is 0 Å². The van der Waals surface area contributed by atoms with E-state index in [2.05, 4.69) is 27.1 Å². The molecule has 0 radical (unpaired) electrons. The van der Waals surface area contributed by atoms with Crippen molar-refractivity contribution >= 4 is 16.8 Å². The molecule has 7 nitrogen and oxygen atoms in total. The van der Waals surface area contributed by atoms with Gasteiger partial charge in [0.1, 0.15) is 5.82 Å². The van der Waals surface area contributed by atoms with Gasteiger partial charge in [-0.1, -0.05) is 13.3 Å². The molecule has 3 aromatic heterocycles. The van der Waals surface area contributed by atoms with Crippen molar-refractivity contribution in [3.63, 3.8) is 0 Å². The summed E-state index contributed by atoms with van der Waals surface area (Å²) in [6.45, 7) is 2.12. The molecule has 0 aliphatic heterocycles. The molecule has 1 aromatic carbocycles. The average Bonchev–Trinajstić information content (AvgIpc) is 3.50. The molecule has 0 bridgehead atoms. The molecule has 174 valence electrons. The van der Waals surface area contributed by atoms with Crippen LogP contribution in [0, 0.1) is 11.8 Å². The number of hydrogen-bond acceptors (Lipinski definition) is 5. The van der Waals surface area contributed by atoms with Crippen LogP contribution in [0.1, 0.15) is 61.9 Å². The molecule has 1 saturated carbocycles. The van der Waals surface area contributed by atoms with Gasteiger partial charge < -0.3 is 4.98 Å². The predicted octanol–water partition coefficient (Wildman–Crippen LogP) is 3.85. The maximum absolute atomic E-state index is 12.5. The minimum atomic E-state index is -4.26. The van der Waals surface area contributed by atoms with Gasteiger partial charge in [-0.25, -0.2) is 4.98 Å². The number of H-pyrrole nitrogens is 1. The number of aromatic amines is 1. The Morgan fingerprint density at radius 3 is 2.70 bits per heavy atom. The number of halogens is 3. The number of aromatic nitrogens is 5. The Hall–Kier alpha value is -3.04. The van der Waals surface area contributed by atoms with Crippen LogP contribution in [0.5, 0.6) is 0 Å². The first-order valence-corrected chi connectivity index (χ1v) is 11.3. The van der Waals surface area contributed by atoms with E-state index < -0.39 is 23.5 Å². The average molecular weight is 459 g/mol. The van der Waals surface area contributed by atoms with Crippen molar-refractivity contribution in [3.05, 3.63) is 55.9 Å². The van der Waals surface area contributed by atoms with Crippen LogP contribution in [-0.2, 0) is 12.8 Å². The quantitative estimate of drug-likeness (QED) is 0.424. The molecule has 3 atom stereocenters. The van der Waals surface area contributed by atoms with Gasteiger partial charge >= 0.3 is 6.18 Å². The molecule has 1 aliphatic carbocycles. The van der Waals surface area contributed by atoms with Gasteiger partial charge in [0.15, 0.2) is 11.3 Å². The molecule has 1 aliphatic rings. The van der Waals surface area contributed by atoms with Crippen molar-refractivity contribution < 1.29 is 13.2 Å². The molecule has 10 heteroatoms. The largest absolute Gasteiger partial charge is 0.389 e. The summed E-state index contributed by atoms with van der Waals surface area (Å²) in [6.07, 6.45) is 1.17. The fourth-order valence-electron chi connectivity index (χ4n) is 5.53. The molecule has 0 saturated heterocycles. The third-order valence-electron chi connectivity index (χ3n) is 7.11. The summed E-state index contributed by atoms with van der Waals surface area (Å²) in [7, 11) is 0. The fourth-order valence-corrected chi connectivity index (χ4v) is 5.53. The molecule has 0 spiro atoms. The molecule has 33 heavy (non-hydrogen) atoms. The zero-order valence-electron chi connectivity index (χ0n) is 18.2. The molecular weight excluding hydrogens is 435 g/mol. The lowest BCUT2D eigenvalue weighted by Gasteiger charge is -2.16. The van der Waals surface area contributed by atoms with Gasteiger partial charge in [-0.05, 0) is 50.0 Å². The van der Waals surface area contributed by atoms with Crippen LogP contribution in [0.4, 0.5) is 13.2 Å². The van der Waals surface area contributed by atoms with Gasteiger partial charge in [0, 0.05) is 29.7 Å². The highest BCUT2D eigenvalue weighted by molar-refractivity contribution is 5.74. The van der Waals surface area contributed by atoms with E-state index in [1.165, 1.54) is 0 Å². The first kappa shape index (κ1) is 21.8. The molecule has 4 aromatic rings. The normalized spacial score (nSPS) is 21.6. The van der Waals surface area contributed by atoms with E-state index in [1.807, 2.05) is 16.7 Å². The smallest absolute Gasteiger partial charge is 0.345 e. The van der Waals surface area contributed by atoms with Crippen LogP contribution in [0.3, 0.4) is 0 Å². The Morgan fingerprint density at radius 2 is 1.94 bits per heavy atom. The van der Waals surface area contributed by atoms with Gasteiger partial charge in [0.25, 0.3) is 0 Å². The summed E-state index contributed by atoms with van der Waals surface area (Å²) in [5.41, 5.74) is 1.92. The third kappa shape index (κ3) is 3.85. The fraction of sp³-hybridized carbons (Fsp3) is 0.522. The molecular formula is C23H24F3N5O2. The lowest BCUT2D eigenvalue weighted by molar-refractivity contribution is -0.135. The Morgan fingerprint density at radius 1 is 1.15 bits per heavy atom. The highest BCUT2D eigenvalue weighted by atomic mass is 19.4. The topological polar surface area (TPSA) is 93.0 Å². The maximum atomic E-state index is 12.5. The van der Waals surface area contributed by atoms with Crippen molar-refractivity contribution in [2.24, 2.45) is 11.8 Å². The van der Waals surface area contributed by atoms with Gasteiger partial charge in [-0.15, -0.1) is 10.2 Å². The van der Waals surface area contributed by atoms with Crippen molar-refractivity contribution in [1.82, 2.24) is 24.6 Å². The molecule has 1 unspecified atom stereocenters. The minimum Gasteiger partial charge on any atom is -0.345 e. The van der Waals surface area contributed by atoms with Crippen LogP contribution in [-0.4, -0.2) is 30.7 Å². The van der Waals surface area contributed by atoms with Crippen molar-refractivity contribution in [2.45, 2.75) is 64.0 Å². The van der Waals surface area contributed by atoms with E-state index >= 15 is 0 Å². The standard InChI is InChI=1S/C23H24F3N5O2/c1-2-13-8-12(10-16-14(19(32)20(16)33)4-3-6-23(24,25)26)9-15(13)22-30-29-18-11-28-21-17(31(18)22)5-7-27-21/h5,7,11-13,15,27H,2-4,6,8-10H2,1H3/t12-,13+,15?/m0/s1. The maximum Gasteiger partial charge on any atom is 0.389 e. The molecule has 1 N–H and O–H groups in total. The Balaban J connectivity index is 1.37. The minimum absolute atomic E-state index is 0.0139. The van der Waals surface area contributed by atoms with Crippen LogP contribution in [0.25, 0.3) is 16.8 Å². The monoisotopic (exact) mass is 459 g/mol. The lowest BCUT2D eigenvalue weighted by atomic mass is 9.87. The van der Waals surface area contributed by atoms with Gasteiger partial charge in [-0.2, -0.15) is 13.2 Å². The Bertz CT molecular complexity index is 1380. The zero-order chi connectivity index (χ0) is 23.3. The summed E-state index contributed by atoms with van der Waals surface area (Å²) in [5, 5.41) is 8.78. The number of nitrogens with one attached hydrogen (secondary N) is 1. The number of alkyl halides is 3. The predicted molar refractivity (Wildman–Crippen MR) is 116 cm³/mol. The van der Waals surface area contributed by atoms with E-state index in [4.69, 9.17) is 0 Å². The van der Waals surface area contributed by atoms with Crippen molar-refractivity contribution in [3.8, 4) is 0 Å². The van der Waals surface area contributed by atoms with Gasteiger partial charge in [-0.3, -0.25) is 14.0 Å². The first-order valence-electron chi connectivity index (χ1n) is 11.3. The second kappa shape index (κ2) is 8.07. The zero-order valence-corrected chi connectivity index (χ0v) is 18.2. The number of hydrogen-bond donors (Lipinski definition) is 1. The Kier molecular flexibility index (Phi) is 5.33. The number of rotatable bonds is 7. The third-order valence-corrected chi connectivity index (χ3v) is 7.11. The summed E-state index contributed by atoms with van der Waals surface area (Å²) in [5.74, 6) is 1.50. The summed E-state index contributed by atoms with van der Waals surface area (Å²) >= 11 is 0. The molecule has 3 heterocycles. The van der Waals surface area contributed by atoms with Crippen LogP contribution in [0.15, 0.2) is 28.0 Å². The number of nitrogens with zero attached hydrogens (tertiary/aromatic N) is 4. The SMILES string of the molecule is CC[C@@H]1C[C@H](Cc2c(CCCC(F)(F)F)c(=O)c2=O)CC1c1nnc2cnc3[nH]ccc3n12. The van der Waals surface area contributed by atoms with Crippen LogP contribution >= 0.6 is 0 Å². The summed E-state index contributed by atoms with van der Waals surface area (Å²) in [6, 6.07) is 1.94. The molecule has 0 amide bonds. The second-order valence-corrected chi connectivity index (χ2v) is 9.12. The van der Waals surface area contributed by atoms with E-state index in [1.54, 1.807) is 6.20 Å². The highest BCUT2D eigenvalue weighted by Gasteiger charge is 2.38.